The predicted octanol–water partition coefficient (Wildman–Crippen LogP) is 4.17. The number of ether oxygens (including phenoxy) is 1. The van der Waals surface area contributed by atoms with Crippen LogP contribution in [0.2, 0.25) is 0 Å². The maximum absolute atomic E-state index is 12.4. The molecule has 2 aromatic carbocycles. The van der Waals surface area contributed by atoms with Crippen molar-refractivity contribution in [1.82, 2.24) is 19.7 Å². The standard InChI is InChI=1S/C23H25N5O2S/c1-4-30-19-9-10-20-21(11-19)31-23(26-20)17-5-7-18(8-6-17)24-13-22(29)27(2)14-16-12-25-28(3)15-16/h5-12,15,24H,4,13-14H2,1-3H3. The number of hydrogen-bond donors (Lipinski definition) is 1. The van der Waals surface area contributed by atoms with Crippen molar-refractivity contribution in [2.75, 3.05) is 25.5 Å². The van der Waals surface area contributed by atoms with Gasteiger partial charge in [0.05, 0.1) is 29.6 Å². The first kappa shape index (κ1) is 20.9. The highest BCUT2D eigenvalue weighted by atomic mass is 32.1. The highest BCUT2D eigenvalue weighted by Crippen LogP contribution is 2.32. The molecule has 1 amide bonds. The Bertz CT molecular complexity index is 1180. The number of aryl methyl sites for hydroxylation is 1. The van der Waals surface area contributed by atoms with Gasteiger partial charge in [-0.3, -0.25) is 9.48 Å². The maximum Gasteiger partial charge on any atom is 0.241 e. The molecule has 2 heterocycles. The number of carbonyl (C=O) groups excluding carboxylic acids is 1. The van der Waals surface area contributed by atoms with Gasteiger partial charge in [0.25, 0.3) is 0 Å². The van der Waals surface area contributed by atoms with Crippen molar-refractivity contribution < 1.29 is 9.53 Å². The lowest BCUT2D eigenvalue weighted by atomic mass is 10.2. The van der Waals surface area contributed by atoms with Gasteiger partial charge in [-0.1, -0.05) is 0 Å². The van der Waals surface area contributed by atoms with Gasteiger partial charge in [-0.2, -0.15) is 5.10 Å². The van der Waals surface area contributed by atoms with Crippen LogP contribution in [0, 0.1) is 0 Å². The van der Waals surface area contributed by atoms with Crippen LogP contribution in [0.1, 0.15) is 12.5 Å². The molecule has 0 radical (unpaired) electrons. The summed E-state index contributed by atoms with van der Waals surface area (Å²) in [6.45, 7) is 3.39. The zero-order valence-electron chi connectivity index (χ0n) is 17.8. The van der Waals surface area contributed by atoms with Gasteiger partial charge in [0.15, 0.2) is 0 Å². The number of thiazole rings is 1. The number of nitrogens with zero attached hydrogens (tertiary/aromatic N) is 4. The molecule has 0 unspecified atom stereocenters. The van der Waals surface area contributed by atoms with Gasteiger partial charge in [0.2, 0.25) is 5.91 Å². The van der Waals surface area contributed by atoms with Crippen LogP contribution in [0.15, 0.2) is 54.9 Å². The molecule has 0 atom stereocenters. The number of rotatable bonds is 8. The summed E-state index contributed by atoms with van der Waals surface area (Å²) in [6.07, 6.45) is 3.69. The third-order valence-corrected chi connectivity index (χ3v) is 5.92. The molecule has 0 saturated heterocycles. The fourth-order valence-electron chi connectivity index (χ4n) is 3.24. The molecule has 4 aromatic rings. The fraction of sp³-hybridized carbons (Fsp3) is 0.261. The monoisotopic (exact) mass is 435 g/mol. The number of hydrogen-bond acceptors (Lipinski definition) is 6. The van der Waals surface area contributed by atoms with Crippen molar-refractivity contribution in [2.45, 2.75) is 13.5 Å². The number of amides is 1. The van der Waals surface area contributed by atoms with Crippen LogP contribution in [0.25, 0.3) is 20.8 Å². The number of anilines is 1. The van der Waals surface area contributed by atoms with Crippen LogP contribution in [0.4, 0.5) is 5.69 Å². The van der Waals surface area contributed by atoms with E-state index in [1.165, 1.54) is 0 Å². The summed E-state index contributed by atoms with van der Waals surface area (Å²) < 4.78 is 8.41. The minimum Gasteiger partial charge on any atom is -0.494 e. The minimum atomic E-state index is 0.0178. The summed E-state index contributed by atoms with van der Waals surface area (Å²) >= 11 is 1.64. The van der Waals surface area contributed by atoms with Crippen LogP contribution in [-0.2, 0) is 18.4 Å². The van der Waals surface area contributed by atoms with Crippen LogP contribution < -0.4 is 10.1 Å². The van der Waals surface area contributed by atoms with Gasteiger partial charge in [-0.15, -0.1) is 11.3 Å². The molecule has 2 aromatic heterocycles. The Morgan fingerprint density at radius 2 is 2.03 bits per heavy atom. The van der Waals surface area contributed by atoms with E-state index in [2.05, 4.69) is 10.4 Å². The number of likely N-dealkylation sites (N-methyl/N-ethyl adjacent to an activating group) is 1. The van der Waals surface area contributed by atoms with E-state index in [1.807, 2.05) is 62.6 Å². The average molecular weight is 436 g/mol. The SMILES string of the molecule is CCOc1ccc2nc(-c3ccc(NCC(=O)N(C)Cc4cnn(C)c4)cc3)sc2c1. The second-order valence-corrected chi connectivity index (χ2v) is 8.32. The zero-order valence-corrected chi connectivity index (χ0v) is 18.6. The smallest absolute Gasteiger partial charge is 0.241 e. The molecule has 160 valence electrons. The van der Waals surface area contributed by atoms with E-state index in [1.54, 1.807) is 34.2 Å². The van der Waals surface area contributed by atoms with E-state index in [0.717, 1.165) is 37.8 Å². The molecule has 0 bridgehead atoms. The van der Waals surface area contributed by atoms with Crippen molar-refractivity contribution >= 4 is 33.1 Å². The van der Waals surface area contributed by atoms with E-state index in [-0.39, 0.29) is 12.5 Å². The molecule has 4 rings (SSSR count). The van der Waals surface area contributed by atoms with Gasteiger partial charge in [-0.05, 0) is 49.4 Å². The lowest BCUT2D eigenvalue weighted by Gasteiger charge is -2.17. The van der Waals surface area contributed by atoms with Crippen LogP contribution in [0.3, 0.4) is 0 Å². The van der Waals surface area contributed by atoms with Crippen LogP contribution >= 0.6 is 11.3 Å². The van der Waals surface area contributed by atoms with Crippen molar-refractivity contribution in [1.29, 1.82) is 0 Å². The fourth-order valence-corrected chi connectivity index (χ4v) is 4.24. The first-order valence-corrected chi connectivity index (χ1v) is 10.9. The Labute approximate surface area is 185 Å². The van der Waals surface area contributed by atoms with Crippen molar-refractivity contribution in [3.05, 3.63) is 60.4 Å². The number of benzene rings is 2. The van der Waals surface area contributed by atoms with E-state index < -0.39 is 0 Å². The quantitative estimate of drug-likeness (QED) is 0.450. The van der Waals surface area contributed by atoms with E-state index >= 15 is 0 Å². The summed E-state index contributed by atoms with van der Waals surface area (Å²) in [6, 6.07) is 14.0. The number of nitrogens with one attached hydrogen (secondary N) is 1. The Kier molecular flexibility index (Phi) is 6.18. The largest absolute Gasteiger partial charge is 0.494 e. The molecule has 0 aliphatic carbocycles. The lowest BCUT2D eigenvalue weighted by molar-refractivity contribution is -0.128. The molecule has 1 N–H and O–H groups in total. The summed E-state index contributed by atoms with van der Waals surface area (Å²) in [7, 11) is 3.66. The molecule has 0 spiro atoms. The van der Waals surface area contributed by atoms with Crippen LogP contribution in [-0.4, -0.2) is 45.8 Å². The van der Waals surface area contributed by atoms with Crippen LogP contribution in [0.5, 0.6) is 5.75 Å². The van der Waals surface area contributed by atoms with E-state index in [9.17, 15) is 4.79 Å². The number of fused-ring (bicyclic) bond motifs is 1. The van der Waals surface area contributed by atoms with Crippen molar-refractivity contribution in [3.63, 3.8) is 0 Å². The summed E-state index contributed by atoms with van der Waals surface area (Å²) in [4.78, 5) is 18.8. The predicted molar refractivity (Wildman–Crippen MR) is 124 cm³/mol. The molecule has 0 saturated carbocycles. The Balaban J connectivity index is 1.36. The van der Waals surface area contributed by atoms with Gasteiger partial charge in [0, 0.05) is 43.7 Å². The third-order valence-electron chi connectivity index (χ3n) is 4.85. The lowest BCUT2D eigenvalue weighted by Crippen LogP contribution is -2.31. The van der Waals surface area contributed by atoms with Gasteiger partial charge in [0.1, 0.15) is 10.8 Å². The molecular formula is C23H25N5O2S. The first-order chi connectivity index (χ1) is 15.0. The normalized spacial score (nSPS) is 10.9. The molecule has 7 nitrogen and oxygen atoms in total. The Morgan fingerprint density at radius 3 is 2.74 bits per heavy atom. The summed E-state index contributed by atoms with van der Waals surface area (Å²) in [5.74, 6) is 0.882. The third kappa shape index (κ3) is 5.03. The molecule has 8 heteroatoms. The maximum atomic E-state index is 12.4. The molecular weight excluding hydrogens is 410 g/mol. The van der Waals surface area contributed by atoms with Crippen molar-refractivity contribution in [2.24, 2.45) is 7.05 Å². The zero-order chi connectivity index (χ0) is 21.8. The van der Waals surface area contributed by atoms with Gasteiger partial charge in [-0.25, -0.2) is 4.98 Å². The molecule has 0 aliphatic rings. The second kappa shape index (κ2) is 9.18. The number of aromatic nitrogens is 3. The molecule has 0 fully saturated rings. The van der Waals surface area contributed by atoms with Gasteiger partial charge >= 0.3 is 0 Å². The molecule has 0 aliphatic heterocycles. The Morgan fingerprint density at radius 1 is 1.23 bits per heavy atom. The van der Waals surface area contributed by atoms with Gasteiger partial charge < -0.3 is 15.0 Å². The first-order valence-electron chi connectivity index (χ1n) is 10.1. The van der Waals surface area contributed by atoms with E-state index in [0.29, 0.717) is 13.2 Å². The molecule has 31 heavy (non-hydrogen) atoms. The second-order valence-electron chi connectivity index (χ2n) is 7.28. The highest BCUT2D eigenvalue weighted by Gasteiger charge is 2.11. The minimum absolute atomic E-state index is 0.0178. The van der Waals surface area contributed by atoms with Crippen molar-refractivity contribution in [3.8, 4) is 16.3 Å². The topological polar surface area (TPSA) is 72.3 Å². The highest BCUT2D eigenvalue weighted by molar-refractivity contribution is 7.21. The van der Waals surface area contributed by atoms with E-state index in [4.69, 9.17) is 9.72 Å². The number of carbonyl (C=O) groups is 1. The summed E-state index contributed by atoms with van der Waals surface area (Å²) in [5, 5.41) is 8.29. The Hall–Kier alpha value is -3.39. The average Bonchev–Trinajstić information content (AvgIpc) is 3.38. The summed E-state index contributed by atoms with van der Waals surface area (Å²) in [5.41, 5.74) is 3.91.